The van der Waals surface area contributed by atoms with Crippen molar-refractivity contribution >= 4 is 0 Å². The van der Waals surface area contributed by atoms with Gasteiger partial charge in [-0.15, -0.1) is 0 Å². The third-order valence-corrected chi connectivity index (χ3v) is 4.18. The average molecular weight is 213 g/mol. The van der Waals surface area contributed by atoms with E-state index in [2.05, 4.69) is 27.7 Å². The Bertz CT molecular complexity index is 189. The van der Waals surface area contributed by atoms with Crippen LogP contribution in [0.2, 0.25) is 0 Å². The molecule has 1 rings (SSSR count). The van der Waals surface area contributed by atoms with Gasteiger partial charge in [0.1, 0.15) is 0 Å². The standard InChI is InChI=1S/C13H27NO/c1-5-13(4,9-14)15-12-7-6-10(2)11(3)8-12/h10-12H,5-9,14H2,1-4H3. The quantitative estimate of drug-likeness (QED) is 0.779. The molecule has 0 saturated heterocycles. The summed E-state index contributed by atoms with van der Waals surface area (Å²) in [6, 6.07) is 0. The molecule has 2 N–H and O–H groups in total. The molecule has 4 atom stereocenters. The summed E-state index contributed by atoms with van der Waals surface area (Å²) in [7, 11) is 0. The highest BCUT2D eigenvalue weighted by atomic mass is 16.5. The zero-order valence-corrected chi connectivity index (χ0v) is 10.8. The van der Waals surface area contributed by atoms with Crippen molar-refractivity contribution in [1.82, 2.24) is 0 Å². The molecule has 4 unspecified atom stereocenters. The van der Waals surface area contributed by atoms with Gasteiger partial charge in [0.25, 0.3) is 0 Å². The molecule has 0 aromatic rings. The molecule has 0 aromatic heterocycles. The third kappa shape index (κ3) is 3.46. The first kappa shape index (κ1) is 13.0. The summed E-state index contributed by atoms with van der Waals surface area (Å²) in [6.07, 6.45) is 5.16. The van der Waals surface area contributed by atoms with Crippen molar-refractivity contribution in [2.45, 2.75) is 65.1 Å². The molecular formula is C13H27NO. The van der Waals surface area contributed by atoms with Gasteiger partial charge in [0.2, 0.25) is 0 Å². The predicted octanol–water partition coefficient (Wildman–Crippen LogP) is 2.96. The number of hydrogen-bond acceptors (Lipinski definition) is 2. The second kappa shape index (κ2) is 5.31. The summed E-state index contributed by atoms with van der Waals surface area (Å²) in [6.45, 7) is 9.61. The van der Waals surface area contributed by atoms with Gasteiger partial charge in [-0.05, 0) is 44.4 Å². The zero-order valence-electron chi connectivity index (χ0n) is 10.8. The Balaban J connectivity index is 2.45. The van der Waals surface area contributed by atoms with Gasteiger partial charge in [0.05, 0.1) is 11.7 Å². The lowest BCUT2D eigenvalue weighted by Crippen LogP contribution is -2.42. The maximum atomic E-state index is 6.17. The highest BCUT2D eigenvalue weighted by molar-refractivity contribution is 4.81. The van der Waals surface area contributed by atoms with Crippen molar-refractivity contribution in [2.24, 2.45) is 17.6 Å². The highest BCUT2D eigenvalue weighted by Gasteiger charge is 2.30. The SMILES string of the molecule is CCC(C)(CN)OC1CCC(C)C(C)C1. The number of ether oxygens (including phenoxy) is 1. The summed E-state index contributed by atoms with van der Waals surface area (Å²) < 4.78 is 6.17. The minimum atomic E-state index is -0.106. The summed E-state index contributed by atoms with van der Waals surface area (Å²) in [5.41, 5.74) is 5.67. The van der Waals surface area contributed by atoms with Crippen LogP contribution in [0.1, 0.15) is 53.4 Å². The van der Waals surface area contributed by atoms with Crippen molar-refractivity contribution in [1.29, 1.82) is 0 Å². The van der Waals surface area contributed by atoms with Crippen LogP contribution in [-0.4, -0.2) is 18.2 Å². The van der Waals surface area contributed by atoms with Gasteiger partial charge in [-0.3, -0.25) is 0 Å². The third-order valence-electron chi connectivity index (χ3n) is 4.18. The Labute approximate surface area is 94.6 Å². The second-order valence-corrected chi connectivity index (χ2v) is 5.52. The number of rotatable bonds is 4. The van der Waals surface area contributed by atoms with Gasteiger partial charge in [-0.1, -0.05) is 20.8 Å². The van der Waals surface area contributed by atoms with E-state index in [1.165, 1.54) is 19.3 Å². The monoisotopic (exact) mass is 213 g/mol. The van der Waals surface area contributed by atoms with Crippen molar-refractivity contribution in [3.05, 3.63) is 0 Å². The Morgan fingerprint density at radius 1 is 1.27 bits per heavy atom. The largest absolute Gasteiger partial charge is 0.371 e. The molecule has 0 aliphatic heterocycles. The summed E-state index contributed by atoms with van der Waals surface area (Å²) in [5, 5.41) is 0. The molecule has 0 radical (unpaired) electrons. The lowest BCUT2D eigenvalue weighted by molar-refractivity contribution is -0.103. The van der Waals surface area contributed by atoms with Gasteiger partial charge in [-0.2, -0.15) is 0 Å². The van der Waals surface area contributed by atoms with Gasteiger partial charge in [0.15, 0.2) is 0 Å². The average Bonchev–Trinajstić information content (AvgIpc) is 2.23. The molecule has 1 aliphatic carbocycles. The minimum absolute atomic E-state index is 0.106. The molecule has 1 aliphatic rings. The molecule has 2 nitrogen and oxygen atoms in total. The molecule has 0 bridgehead atoms. The van der Waals surface area contributed by atoms with Gasteiger partial charge in [0, 0.05) is 6.54 Å². The van der Waals surface area contributed by atoms with Gasteiger partial charge < -0.3 is 10.5 Å². The van der Waals surface area contributed by atoms with E-state index in [0.717, 1.165) is 18.3 Å². The Kier molecular flexibility index (Phi) is 4.60. The van der Waals surface area contributed by atoms with E-state index in [-0.39, 0.29) is 5.60 Å². The molecule has 2 heteroatoms. The summed E-state index contributed by atoms with van der Waals surface area (Å²) in [5.74, 6) is 1.65. The van der Waals surface area contributed by atoms with Crippen LogP contribution in [0.4, 0.5) is 0 Å². The molecule has 0 spiro atoms. The highest BCUT2D eigenvalue weighted by Crippen LogP contribution is 2.33. The Morgan fingerprint density at radius 3 is 2.40 bits per heavy atom. The first-order valence-electron chi connectivity index (χ1n) is 6.38. The van der Waals surface area contributed by atoms with E-state index in [9.17, 15) is 0 Å². The molecule has 0 heterocycles. The lowest BCUT2D eigenvalue weighted by atomic mass is 9.80. The van der Waals surface area contributed by atoms with E-state index in [1.54, 1.807) is 0 Å². The lowest BCUT2D eigenvalue weighted by Gasteiger charge is -2.38. The topological polar surface area (TPSA) is 35.2 Å². The smallest absolute Gasteiger partial charge is 0.0777 e. The van der Waals surface area contributed by atoms with Gasteiger partial charge >= 0.3 is 0 Å². The maximum absolute atomic E-state index is 6.17. The van der Waals surface area contributed by atoms with Crippen LogP contribution in [0, 0.1) is 11.8 Å². The van der Waals surface area contributed by atoms with Crippen LogP contribution < -0.4 is 5.73 Å². The molecule has 0 amide bonds. The van der Waals surface area contributed by atoms with Crippen LogP contribution in [0.15, 0.2) is 0 Å². The fraction of sp³-hybridized carbons (Fsp3) is 1.00. The Hall–Kier alpha value is -0.0800. The normalized spacial score (nSPS) is 36.2. The van der Waals surface area contributed by atoms with Crippen molar-refractivity contribution in [3.8, 4) is 0 Å². The van der Waals surface area contributed by atoms with E-state index in [4.69, 9.17) is 10.5 Å². The second-order valence-electron chi connectivity index (χ2n) is 5.52. The molecule has 1 saturated carbocycles. The Morgan fingerprint density at radius 2 is 1.93 bits per heavy atom. The van der Waals surface area contributed by atoms with Crippen molar-refractivity contribution in [2.75, 3.05) is 6.54 Å². The minimum Gasteiger partial charge on any atom is -0.371 e. The van der Waals surface area contributed by atoms with E-state index >= 15 is 0 Å². The number of nitrogens with two attached hydrogens (primary N) is 1. The molecule has 1 fully saturated rings. The first-order chi connectivity index (χ1) is 7.00. The van der Waals surface area contributed by atoms with Gasteiger partial charge in [-0.25, -0.2) is 0 Å². The van der Waals surface area contributed by atoms with Crippen LogP contribution in [0.5, 0.6) is 0 Å². The maximum Gasteiger partial charge on any atom is 0.0777 e. The molecule has 15 heavy (non-hydrogen) atoms. The summed E-state index contributed by atoms with van der Waals surface area (Å²) >= 11 is 0. The molecular weight excluding hydrogens is 186 g/mol. The van der Waals surface area contributed by atoms with E-state index in [1.807, 2.05) is 0 Å². The fourth-order valence-electron chi connectivity index (χ4n) is 2.28. The fourth-order valence-corrected chi connectivity index (χ4v) is 2.28. The van der Waals surface area contributed by atoms with Crippen LogP contribution >= 0.6 is 0 Å². The van der Waals surface area contributed by atoms with Crippen molar-refractivity contribution in [3.63, 3.8) is 0 Å². The van der Waals surface area contributed by atoms with Crippen LogP contribution in [0.3, 0.4) is 0 Å². The van der Waals surface area contributed by atoms with E-state index in [0.29, 0.717) is 12.6 Å². The first-order valence-corrected chi connectivity index (χ1v) is 6.38. The summed E-state index contributed by atoms with van der Waals surface area (Å²) in [4.78, 5) is 0. The van der Waals surface area contributed by atoms with Crippen LogP contribution in [0.25, 0.3) is 0 Å². The molecule has 90 valence electrons. The van der Waals surface area contributed by atoms with Crippen molar-refractivity contribution < 1.29 is 4.74 Å². The molecule has 0 aromatic carbocycles. The zero-order chi connectivity index (χ0) is 11.5. The predicted molar refractivity (Wildman–Crippen MR) is 64.8 cm³/mol. The number of hydrogen-bond donors (Lipinski definition) is 1. The van der Waals surface area contributed by atoms with E-state index < -0.39 is 0 Å². The van der Waals surface area contributed by atoms with Crippen LogP contribution in [-0.2, 0) is 4.74 Å².